The first-order valence-electron chi connectivity index (χ1n) is 4.01. The number of rotatable bonds is 7. The van der Waals surface area contributed by atoms with Crippen molar-refractivity contribution in [3.63, 3.8) is 0 Å². The first kappa shape index (κ1) is 11.5. The van der Waals surface area contributed by atoms with E-state index < -0.39 is 0 Å². The van der Waals surface area contributed by atoms with Crippen molar-refractivity contribution in [1.82, 2.24) is 5.32 Å². The summed E-state index contributed by atoms with van der Waals surface area (Å²) in [5.74, 6) is -0.226. The van der Waals surface area contributed by atoms with E-state index in [0.29, 0.717) is 6.42 Å². The summed E-state index contributed by atoms with van der Waals surface area (Å²) in [6.45, 7) is 1.68. The zero-order valence-electron chi connectivity index (χ0n) is 7.05. The zero-order chi connectivity index (χ0) is 9.23. The Morgan fingerprint density at radius 3 is 2.83 bits per heavy atom. The molecule has 1 amide bonds. The molecule has 0 aromatic heterocycles. The maximum absolute atomic E-state index is 10.3. The van der Waals surface area contributed by atoms with Crippen LogP contribution in [0.25, 0.3) is 0 Å². The molecule has 3 nitrogen and oxygen atoms in total. The van der Waals surface area contributed by atoms with Crippen molar-refractivity contribution in [1.29, 1.82) is 0 Å². The average molecular weight is 191 g/mol. The van der Waals surface area contributed by atoms with E-state index in [1.165, 1.54) is 5.54 Å². The summed E-state index contributed by atoms with van der Waals surface area (Å²) >= 11 is 5.30. The minimum atomic E-state index is -0.226. The third-order valence-electron chi connectivity index (χ3n) is 1.38. The Kier molecular flexibility index (Phi) is 8.17. The highest BCUT2D eigenvalue weighted by atomic mass is 35.5. The van der Waals surface area contributed by atoms with Crippen LogP contribution in [0.4, 0.5) is 0 Å². The lowest BCUT2D eigenvalue weighted by molar-refractivity contribution is -0.118. The maximum atomic E-state index is 10.3. The van der Waals surface area contributed by atoms with Gasteiger partial charge in [-0.25, -0.2) is 0 Å². The summed E-state index contributed by atoms with van der Waals surface area (Å²) in [4.78, 5) is 10.3. The summed E-state index contributed by atoms with van der Waals surface area (Å²) in [5.41, 5.74) is 6.45. The average Bonchev–Trinajstić information content (AvgIpc) is 2.02. The van der Waals surface area contributed by atoms with Crippen LogP contribution in [0.15, 0.2) is 11.6 Å². The standard InChI is InChI=1S/C8H15ClN2O/c9-5-3-7-11-6-2-1-4-8(10)12/h3,5,11H,1-2,4,6-7H2,(H2,10,12)/b5-3+. The van der Waals surface area contributed by atoms with Crippen LogP contribution in [0.2, 0.25) is 0 Å². The summed E-state index contributed by atoms with van der Waals surface area (Å²) in [5, 5.41) is 3.14. The molecule has 0 saturated heterocycles. The van der Waals surface area contributed by atoms with Gasteiger partial charge in [0.2, 0.25) is 5.91 Å². The first-order valence-corrected chi connectivity index (χ1v) is 4.45. The molecule has 0 aromatic rings. The minimum Gasteiger partial charge on any atom is -0.370 e. The van der Waals surface area contributed by atoms with E-state index in [1.54, 1.807) is 0 Å². The number of hydrogen-bond donors (Lipinski definition) is 2. The van der Waals surface area contributed by atoms with Gasteiger partial charge in [-0.05, 0) is 19.4 Å². The largest absolute Gasteiger partial charge is 0.370 e. The van der Waals surface area contributed by atoms with Gasteiger partial charge < -0.3 is 11.1 Å². The number of hydrogen-bond acceptors (Lipinski definition) is 2. The van der Waals surface area contributed by atoms with Gasteiger partial charge >= 0.3 is 0 Å². The van der Waals surface area contributed by atoms with Gasteiger partial charge in [0.25, 0.3) is 0 Å². The fraction of sp³-hybridized carbons (Fsp3) is 0.625. The zero-order valence-corrected chi connectivity index (χ0v) is 7.81. The van der Waals surface area contributed by atoms with E-state index in [-0.39, 0.29) is 5.91 Å². The van der Waals surface area contributed by atoms with E-state index >= 15 is 0 Å². The molecule has 70 valence electrons. The third-order valence-corrected chi connectivity index (χ3v) is 1.56. The van der Waals surface area contributed by atoms with Crippen LogP contribution in [0.3, 0.4) is 0 Å². The van der Waals surface area contributed by atoms with E-state index in [0.717, 1.165) is 25.9 Å². The molecule has 4 heteroatoms. The second-order valence-electron chi connectivity index (χ2n) is 2.49. The quantitative estimate of drug-likeness (QED) is 0.589. The lowest BCUT2D eigenvalue weighted by atomic mass is 10.2. The predicted octanol–water partition coefficient (Wildman–Crippen LogP) is 0.984. The van der Waals surface area contributed by atoms with Gasteiger partial charge in [0, 0.05) is 18.5 Å². The van der Waals surface area contributed by atoms with Gasteiger partial charge in [-0.3, -0.25) is 4.79 Å². The molecule has 0 aliphatic carbocycles. The summed E-state index contributed by atoms with van der Waals surface area (Å²) in [6, 6.07) is 0. The van der Waals surface area contributed by atoms with Crippen LogP contribution in [0, 0.1) is 0 Å². The van der Waals surface area contributed by atoms with Gasteiger partial charge in [-0.15, -0.1) is 0 Å². The number of carbonyl (C=O) groups is 1. The van der Waals surface area contributed by atoms with E-state index in [9.17, 15) is 4.79 Å². The van der Waals surface area contributed by atoms with Crippen molar-refractivity contribution in [2.24, 2.45) is 5.73 Å². The minimum absolute atomic E-state index is 0.226. The highest BCUT2D eigenvalue weighted by Crippen LogP contribution is 1.91. The smallest absolute Gasteiger partial charge is 0.217 e. The van der Waals surface area contributed by atoms with Gasteiger partial charge in [0.05, 0.1) is 0 Å². The van der Waals surface area contributed by atoms with Crippen molar-refractivity contribution < 1.29 is 4.79 Å². The summed E-state index contributed by atoms with van der Waals surface area (Å²) < 4.78 is 0. The molecular formula is C8H15ClN2O. The Labute approximate surface area is 78.0 Å². The molecular weight excluding hydrogens is 176 g/mol. The van der Waals surface area contributed by atoms with E-state index in [2.05, 4.69) is 5.32 Å². The summed E-state index contributed by atoms with van der Waals surface area (Å²) in [6.07, 6.45) is 4.13. The Morgan fingerprint density at radius 2 is 2.25 bits per heavy atom. The van der Waals surface area contributed by atoms with Crippen LogP contribution in [0.5, 0.6) is 0 Å². The highest BCUT2D eigenvalue weighted by molar-refractivity contribution is 6.25. The molecule has 0 radical (unpaired) electrons. The SMILES string of the molecule is NC(=O)CCCCNC/C=C/Cl. The van der Waals surface area contributed by atoms with Crippen molar-refractivity contribution >= 4 is 17.5 Å². The van der Waals surface area contributed by atoms with E-state index in [1.807, 2.05) is 6.08 Å². The number of halogens is 1. The maximum Gasteiger partial charge on any atom is 0.217 e. The first-order chi connectivity index (χ1) is 5.77. The molecule has 0 aromatic carbocycles. The van der Waals surface area contributed by atoms with Crippen molar-refractivity contribution in [2.45, 2.75) is 19.3 Å². The molecule has 0 saturated carbocycles. The Hall–Kier alpha value is -0.540. The van der Waals surface area contributed by atoms with Gasteiger partial charge in [0.1, 0.15) is 0 Å². The monoisotopic (exact) mass is 190 g/mol. The fourth-order valence-electron chi connectivity index (χ4n) is 0.779. The normalized spacial score (nSPS) is 10.8. The number of primary amides is 1. The number of nitrogens with two attached hydrogens (primary N) is 1. The molecule has 12 heavy (non-hydrogen) atoms. The number of amides is 1. The fourth-order valence-corrected chi connectivity index (χ4v) is 0.868. The second kappa shape index (κ2) is 8.56. The topological polar surface area (TPSA) is 55.1 Å². The van der Waals surface area contributed by atoms with Crippen LogP contribution in [-0.4, -0.2) is 19.0 Å². The Morgan fingerprint density at radius 1 is 1.50 bits per heavy atom. The lowest BCUT2D eigenvalue weighted by Crippen LogP contribution is -2.16. The van der Waals surface area contributed by atoms with Gasteiger partial charge in [-0.1, -0.05) is 17.7 Å². The molecule has 0 atom stereocenters. The highest BCUT2D eigenvalue weighted by Gasteiger charge is 1.92. The molecule has 0 aliphatic rings. The van der Waals surface area contributed by atoms with Crippen LogP contribution in [-0.2, 0) is 4.79 Å². The van der Waals surface area contributed by atoms with Crippen LogP contribution in [0.1, 0.15) is 19.3 Å². The van der Waals surface area contributed by atoms with Gasteiger partial charge in [-0.2, -0.15) is 0 Å². The van der Waals surface area contributed by atoms with Crippen molar-refractivity contribution in [2.75, 3.05) is 13.1 Å². The number of carbonyl (C=O) groups excluding carboxylic acids is 1. The molecule has 0 unspecified atom stereocenters. The van der Waals surface area contributed by atoms with Crippen LogP contribution < -0.4 is 11.1 Å². The van der Waals surface area contributed by atoms with Crippen molar-refractivity contribution in [3.05, 3.63) is 11.6 Å². The summed E-state index contributed by atoms with van der Waals surface area (Å²) in [7, 11) is 0. The second-order valence-corrected chi connectivity index (χ2v) is 2.74. The Balaban J connectivity index is 2.96. The number of unbranched alkanes of at least 4 members (excludes halogenated alkanes) is 1. The van der Waals surface area contributed by atoms with Crippen molar-refractivity contribution in [3.8, 4) is 0 Å². The van der Waals surface area contributed by atoms with E-state index in [4.69, 9.17) is 17.3 Å². The molecule has 0 fully saturated rings. The Bertz CT molecular complexity index is 148. The molecule has 0 rings (SSSR count). The molecule has 0 aliphatic heterocycles. The molecule has 0 heterocycles. The third kappa shape index (κ3) is 9.46. The predicted molar refractivity (Wildman–Crippen MR) is 50.9 cm³/mol. The van der Waals surface area contributed by atoms with Crippen LogP contribution >= 0.6 is 11.6 Å². The lowest BCUT2D eigenvalue weighted by Gasteiger charge is -1.99. The molecule has 0 bridgehead atoms. The van der Waals surface area contributed by atoms with Gasteiger partial charge in [0.15, 0.2) is 0 Å². The molecule has 3 N–H and O–H groups in total. The molecule has 0 spiro atoms. The number of nitrogens with one attached hydrogen (secondary N) is 1.